The Bertz CT molecular complexity index is 538. The van der Waals surface area contributed by atoms with E-state index in [9.17, 15) is 8.42 Å². The highest BCUT2D eigenvalue weighted by Gasteiger charge is 2.10. The van der Waals surface area contributed by atoms with Gasteiger partial charge in [-0.25, -0.2) is 8.42 Å². The van der Waals surface area contributed by atoms with E-state index in [0.717, 1.165) is 38.3 Å². The van der Waals surface area contributed by atoms with Crippen molar-refractivity contribution in [3.63, 3.8) is 0 Å². The van der Waals surface area contributed by atoms with Crippen LogP contribution in [0.15, 0.2) is 24.3 Å². The number of sulfone groups is 1. The summed E-state index contributed by atoms with van der Waals surface area (Å²) < 4.78 is 27.8. The number of anilines is 1. The maximum Gasteiger partial charge on any atom is 0.147 e. The van der Waals surface area contributed by atoms with E-state index in [-0.39, 0.29) is 5.75 Å². The Labute approximate surface area is 127 Å². The fourth-order valence-electron chi connectivity index (χ4n) is 2.39. The Kier molecular flexibility index (Phi) is 5.87. The van der Waals surface area contributed by atoms with Crippen LogP contribution in [0.2, 0.25) is 0 Å². The molecule has 0 amide bonds. The molecule has 1 N–H and O–H groups in total. The fourth-order valence-corrected chi connectivity index (χ4v) is 3.03. The van der Waals surface area contributed by atoms with E-state index < -0.39 is 9.84 Å². The van der Waals surface area contributed by atoms with Crippen LogP contribution in [0, 0.1) is 0 Å². The number of rotatable bonds is 6. The highest BCUT2D eigenvalue weighted by atomic mass is 32.2. The van der Waals surface area contributed by atoms with E-state index in [4.69, 9.17) is 4.74 Å². The summed E-state index contributed by atoms with van der Waals surface area (Å²) in [5, 5.41) is 3.39. The van der Waals surface area contributed by atoms with E-state index in [1.54, 1.807) is 0 Å². The molecule has 0 aromatic heterocycles. The lowest BCUT2D eigenvalue weighted by atomic mass is 10.2. The molecule has 21 heavy (non-hydrogen) atoms. The van der Waals surface area contributed by atoms with Gasteiger partial charge in [0.25, 0.3) is 0 Å². The Morgan fingerprint density at radius 1 is 1.29 bits per heavy atom. The zero-order valence-corrected chi connectivity index (χ0v) is 13.4. The number of benzene rings is 1. The first-order chi connectivity index (χ1) is 10.0. The zero-order valence-electron chi connectivity index (χ0n) is 12.5. The van der Waals surface area contributed by atoms with Crippen LogP contribution in [0.25, 0.3) is 0 Å². The molecule has 0 spiro atoms. The van der Waals surface area contributed by atoms with Crippen LogP contribution in [-0.2, 0) is 9.84 Å². The highest BCUT2D eigenvalue weighted by Crippen LogP contribution is 2.21. The molecule has 5 nitrogen and oxygen atoms in total. The standard InChI is InChI=1S/C15H24N2O3S/c1-21(18,19)12-4-11-20-15-6-2-5-14(13-15)17-9-3-7-16-8-10-17/h2,5-6,13,16H,3-4,7-12H2,1H3. The predicted molar refractivity (Wildman–Crippen MR) is 86.0 cm³/mol. The molecule has 0 radical (unpaired) electrons. The molecule has 0 aliphatic carbocycles. The summed E-state index contributed by atoms with van der Waals surface area (Å²) in [7, 11) is -2.90. The maximum absolute atomic E-state index is 11.1. The third kappa shape index (κ3) is 5.93. The van der Waals surface area contributed by atoms with Crippen LogP contribution in [-0.4, -0.2) is 53.2 Å². The van der Waals surface area contributed by atoms with E-state index >= 15 is 0 Å². The molecule has 0 atom stereocenters. The molecule has 1 aromatic rings. The first-order valence-corrected chi connectivity index (χ1v) is 9.47. The molecule has 0 unspecified atom stereocenters. The largest absolute Gasteiger partial charge is 0.493 e. The minimum Gasteiger partial charge on any atom is -0.493 e. The summed E-state index contributed by atoms with van der Waals surface area (Å²) in [4.78, 5) is 2.35. The lowest BCUT2D eigenvalue weighted by Gasteiger charge is -2.22. The lowest BCUT2D eigenvalue weighted by molar-refractivity contribution is 0.318. The highest BCUT2D eigenvalue weighted by molar-refractivity contribution is 7.90. The van der Waals surface area contributed by atoms with Crippen LogP contribution in [0.3, 0.4) is 0 Å². The van der Waals surface area contributed by atoms with Crippen LogP contribution in [0.4, 0.5) is 5.69 Å². The topological polar surface area (TPSA) is 58.6 Å². The second-order valence-corrected chi connectivity index (χ2v) is 7.68. The van der Waals surface area contributed by atoms with E-state index in [2.05, 4.69) is 16.3 Å². The molecular formula is C15H24N2O3S. The first kappa shape index (κ1) is 16.1. The van der Waals surface area contributed by atoms with Crippen molar-refractivity contribution in [1.29, 1.82) is 0 Å². The summed E-state index contributed by atoms with van der Waals surface area (Å²) in [6, 6.07) is 8.03. The molecule has 1 aliphatic heterocycles. The number of hydrogen-bond acceptors (Lipinski definition) is 5. The molecule has 0 bridgehead atoms. The molecule has 2 rings (SSSR count). The molecule has 1 saturated heterocycles. The van der Waals surface area contributed by atoms with E-state index in [1.807, 2.05) is 18.2 Å². The van der Waals surface area contributed by atoms with Crippen molar-refractivity contribution in [2.75, 3.05) is 49.7 Å². The average Bonchev–Trinajstić information content (AvgIpc) is 2.72. The van der Waals surface area contributed by atoms with Crippen LogP contribution < -0.4 is 15.0 Å². The van der Waals surface area contributed by atoms with Crippen LogP contribution >= 0.6 is 0 Å². The molecule has 0 saturated carbocycles. The Hall–Kier alpha value is -1.27. The van der Waals surface area contributed by atoms with Gasteiger partial charge in [-0.1, -0.05) is 6.07 Å². The van der Waals surface area contributed by atoms with Crippen molar-refractivity contribution in [3.8, 4) is 5.75 Å². The second kappa shape index (κ2) is 7.66. The van der Waals surface area contributed by atoms with Gasteiger partial charge in [-0.05, 0) is 31.5 Å². The maximum atomic E-state index is 11.1. The number of ether oxygens (including phenoxy) is 1. The summed E-state index contributed by atoms with van der Waals surface area (Å²) in [6.07, 6.45) is 2.91. The number of nitrogens with zero attached hydrogens (tertiary/aromatic N) is 1. The van der Waals surface area contributed by atoms with Gasteiger partial charge < -0.3 is 15.0 Å². The first-order valence-electron chi connectivity index (χ1n) is 7.41. The smallest absolute Gasteiger partial charge is 0.147 e. The van der Waals surface area contributed by atoms with Gasteiger partial charge in [-0.15, -0.1) is 0 Å². The summed E-state index contributed by atoms with van der Waals surface area (Å²) >= 11 is 0. The molecule has 1 fully saturated rings. The van der Waals surface area contributed by atoms with Crippen molar-refractivity contribution in [2.24, 2.45) is 0 Å². The van der Waals surface area contributed by atoms with Crippen molar-refractivity contribution in [2.45, 2.75) is 12.8 Å². The van der Waals surface area contributed by atoms with Gasteiger partial charge in [0.05, 0.1) is 12.4 Å². The average molecular weight is 312 g/mol. The van der Waals surface area contributed by atoms with Crippen molar-refractivity contribution in [1.82, 2.24) is 5.32 Å². The van der Waals surface area contributed by atoms with Crippen molar-refractivity contribution in [3.05, 3.63) is 24.3 Å². The van der Waals surface area contributed by atoms with Gasteiger partial charge >= 0.3 is 0 Å². The molecular weight excluding hydrogens is 288 g/mol. The van der Waals surface area contributed by atoms with Gasteiger partial charge in [0.2, 0.25) is 0 Å². The minimum atomic E-state index is -2.90. The van der Waals surface area contributed by atoms with Crippen LogP contribution in [0.1, 0.15) is 12.8 Å². The summed E-state index contributed by atoms with van der Waals surface area (Å²) in [5.41, 5.74) is 1.17. The third-order valence-corrected chi connectivity index (χ3v) is 4.48. The van der Waals surface area contributed by atoms with Gasteiger partial charge in [-0.2, -0.15) is 0 Å². The monoisotopic (exact) mass is 312 g/mol. The van der Waals surface area contributed by atoms with Gasteiger partial charge in [-0.3, -0.25) is 0 Å². The lowest BCUT2D eigenvalue weighted by Crippen LogP contribution is -2.27. The SMILES string of the molecule is CS(=O)(=O)CCCOc1cccc(N2CCCNCC2)c1. The molecule has 1 heterocycles. The third-order valence-electron chi connectivity index (χ3n) is 3.45. The number of hydrogen-bond donors (Lipinski definition) is 1. The van der Waals surface area contributed by atoms with Crippen LogP contribution in [0.5, 0.6) is 5.75 Å². The minimum absolute atomic E-state index is 0.171. The number of nitrogens with one attached hydrogen (secondary N) is 1. The van der Waals surface area contributed by atoms with E-state index in [0.29, 0.717) is 13.0 Å². The predicted octanol–water partition coefficient (Wildman–Crippen LogP) is 1.30. The summed E-state index contributed by atoms with van der Waals surface area (Å²) in [6.45, 7) is 4.54. The molecule has 1 aromatic carbocycles. The summed E-state index contributed by atoms with van der Waals surface area (Å²) in [5.74, 6) is 0.975. The quantitative estimate of drug-likeness (QED) is 0.802. The van der Waals surface area contributed by atoms with Crippen molar-refractivity contribution >= 4 is 15.5 Å². The normalized spacial score (nSPS) is 16.5. The Morgan fingerprint density at radius 3 is 2.95 bits per heavy atom. The van der Waals surface area contributed by atoms with Gasteiger partial charge in [0, 0.05) is 37.6 Å². The molecule has 6 heteroatoms. The van der Waals surface area contributed by atoms with E-state index in [1.165, 1.54) is 11.9 Å². The van der Waals surface area contributed by atoms with Gasteiger partial charge in [0.15, 0.2) is 0 Å². The fraction of sp³-hybridized carbons (Fsp3) is 0.600. The molecule has 118 valence electrons. The Balaban J connectivity index is 1.88. The van der Waals surface area contributed by atoms with Gasteiger partial charge in [0.1, 0.15) is 15.6 Å². The van der Waals surface area contributed by atoms with Crippen molar-refractivity contribution < 1.29 is 13.2 Å². The molecule has 1 aliphatic rings. The second-order valence-electron chi connectivity index (χ2n) is 5.42. The Morgan fingerprint density at radius 2 is 2.14 bits per heavy atom. The zero-order chi connectivity index (χ0) is 15.1.